The third kappa shape index (κ3) is 3.58. The fourth-order valence-corrected chi connectivity index (χ4v) is 2.49. The number of hydrogen-bond acceptors (Lipinski definition) is 2. The topological polar surface area (TPSA) is 57.5 Å². The first-order chi connectivity index (χ1) is 9.58. The molecule has 106 valence electrons. The van der Waals surface area contributed by atoms with Gasteiger partial charge in [-0.05, 0) is 42.5 Å². The molecule has 2 aromatic carbocycles. The molecule has 2 aromatic rings. The number of carboxylic acid groups (broad SMARTS) is 1. The molecule has 0 aliphatic carbocycles. The van der Waals surface area contributed by atoms with E-state index in [9.17, 15) is 9.90 Å². The minimum Gasteiger partial charge on any atom is -0.481 e. The summed E-state index contributed by atoms with van der Waals surface area (Å²) in [6.45, 7) is 1.54. The number of aliphatic hydroxyl groups excluding tert-OH is 1. The molecule has 0 saturated carbocycles. The second-order valence-corrected chi connectivity index (χ2v) is 5.26. The molecule has 2 atom stereocenters. The average Bonchev–Trinajstić information content (AvgIpc) is 2.42. The van der Waals surface area contributed by atoms with Crippen LogP contribution in [0.2, 0.25) is 0 Å². The van der Waals surface area contributed by atoms with Crippen molar-refractivity contribution >= 4 is 16.7 Å². The van der Waals surface area contributed by atoms with Gasteiger partial charge >= 0.3 is 5.97 Å². The highest BCUT2D eigenvalue weighted by Gasteiger charge is 2.22. The first-order valence-corrected chi connectivity index (χ1v) is 6.96. The average molecular weight is 272 g/mol. The van der Waals surface area contributed by atoms with E-state index in [1.54, 1.807) is 0 Å². The Morgan fingerprint density at radius 1 is 1.15 bits per heavy atom. The maximum Gasteiger partial charge on any atom is 0.309 e. The number of aryl methyl sites for hydroxylation is 1. The second-order valence-electron chi connectivity index (χ2n) is 5.26. The quantitative estimate of drug-likeness (QED) is 0.848. The van der Waals surface area contributed by atoms with Crippen LogP contribution in [0.5, 0.6) is 0 Å². The molecule has 0 aliphatic rings. The van der Waals surface area contributed by atoms with E-state index in [1.165, 1.54) is 23.3 Å². The Morgan fingerprint density at radius 2 is 1.85 bits per heavy atom. The number of carbonyl (C=O) groups is 1. The smallest absolute Gasteiger partial charge is 0.309 e. The number of fused-ring (bicyclic) bond motifs is 1. The van der Waals surface area contributed by atoms with Crippen molar-refractivity contribution in [3.05, 3.63) is 48.0 Å². The minimum absolute atomic E-state index is 0.500. The molecule has 0 spiro atoms. The molecule has 3 nitrogen and oxygen atoms in total. The van der Waals surface area contributed by atoms with E-state index in [4.69, 9.17) is 5.11 Å². The highest BCUT2D eigenvalue weighted by molar-refractivity contribution is 5.82. The first kappa shape index (κ1) is 14.5. The Balaban J connectivity index is 1.97. The van der Waals surface area contributed by atoms with Crippen molar-refractivity contribution in [3.8, 4) is 0 Å². The SMILES string of the molecule is CC(O)C(CCCc1ccc2ccccc2c1)C(=O)O. The van der Waals surface area contributed by atoms with Crippen molar-refractivity contribution in [1.29, 1.82) is 0 Å². The van der Waals surface area contributed by atoms with Gasteiger partial charge in [0.25, 0.3) is 0 Å². The van der Waals surface area contributed by atoms with Gasteiger partial charge in [-0.25, -0.2) is 0 Å². The summed E-state index contributed by atoms with van der Waals surface area (Å²) in [5.74, 6) is -1.59. The summed E-state index contributed by atoms with van der Waals surface area (Å²) in [5.41, 5.74) is 1.21. The highest BCUT2D eigenvalue weighted by atomic mass is 16.4. The van der Waals surface area contributed by atoms with Gasteiger partial charge in [-0.1, -0.05) is 42.5 Å². The molecule has 0 radical (unpaired) electrons. The molecule has 0 amide bonds. The molecule has 0 aromatic heterocycles. The molecule has 2 unspecified atom stereocenters. The van der Waals surface area contributed by atoms with Gasteiger partial charge in [0.1, 0.15) is 0 Å². The maximum atomic E-state index is 11.0. The van der Waals surface area contributed by atoms with E-state index < -0.39 is 18.0 Å². The Morgan fingerprint density at radius 3 is 2.50 bits per heavy atom. The van der Waals surface area contributed by atoms with Crippen LogP contribution in [-0.2, 0) is 11.2 Å². The predicted molar refractivity (Wildman–Crippen MR) is 79.7 cm³/mol. The van der Waals surface area contributed by atoms with Crippen LogP contribution in [0.4, 0.5) is 0 Å². The summed E-state index contributed by atoms with van der Waals surface area (Å²) in [6.07, 6.45) is 1.30. The zero-order valence-electron chi connectivity index (χ0n) is 11.6. The van der Waals surface area contributed by atoms with Gasteiger partial charge in [-0.3, -0.25) is 4.79 Å². The Labute approximate surface area is 118 Å². The van der Waals surface area contributed by atoms with Gasteiger partial charge in [0.2, 0.25) is 0 Å². The molecule has 2 rings (SSSR count). The molecule has 2 N–H and O–H groups in total. The number of carboxylic acids is 1. The third-order valence-electron chi connectivity index (χ3n) is 3.69. The van der Waals surface area contributed by atoms with E-state index in [-0.39, 0.29) is 0 Å². The summed E-state index contributed by atoms with van der Waals surface area (Å²) in [4.78, 5) is 11.0. The molecule has 3 heteroatoms. The Bertz CT molecular complexity index is 590. The number of hydrogen-bond donors (Lipinski definition) is 2. The normalized spacial score (nSPS) is 14.1. The Hall–Kier alpha value is -1.87. The van der Waals surface area contributed by atoms with E-state index >= 15 is 0 Å². The van der Waals surface area contributed by atoms with Crippen LogP contribution in [-0.4, -0.2) is 22.3 Å². The lowest BCUT2D eigenvalue weighted by atomic mass is 9.95. The van der Waals surface area contributed by atoms with Crippen LogP contribution < -0.4 is 0 Å². The predicted octanol–water partition coefficient (Wildman–Crippen LogP) is 3.24. The molecule has 20 heavy (non-hydrogen) atoms. The monoisotopic (exact) mass is 272 g/mol. The van der Waals surface area contributed by atoms with Crippen molar-refractivity contribution in [2.75, 3.05) is 0 Å². The zero-order valence-corrected chi connectivity index (χ0v) is 11.6. The molecular formula is C17H20O3. The number of rotatable bonds is 6. The highest BCUT2D eigenvalue weighted by Crippen LogP contribution is 2.19. The lowest BCUT2D eigenvalue weighted by Crippen LogP contribution is -2.25. The molecule has 0 aliphatic heterocycles. The third-order valence-corrected chi connectivity index (χ3v) is 3.69. The summed E-state index contributed by atoms with van der Waals surface area (Å²) in [6, 6.07) is 14.5. The second kappa shape index (κ2) is 6.53. The fraction of sp³-hybridized carbons (Fsp3) is 0.353. The summed E-state index contributed by atoms with van der Waals surface area (Å²) < 4.78 is 0. The lowest BCUT2D eigenvalue weighted by Gasteiger charge is -2.14. The molecule has 0 saturated heterocycles. The molecule has 0 bridgehead atoms. The van der Waals surface area contributed by atoms with Crippen molar-refractivity contribution in [3.63, 3.8) is 0 Å². The van der Waals surface area contributed by atoms with Crippen molar-refractivity contribution in [2.45, 2.75) is 32.3 Å². The maximum absolute atomic E-state index is 11.0. The molecule has 0 heterocycles. The van der Waals surface area contributed by atoms with E-state index in [2.05, 4.69) is 30.3 Å². The number of aliphatic carboxylic acids is 1. The minimum atomic E-state index is -0.918. The van der Waals surface area contributed by atoms with Gasteiger partial charge in [0.15, 0.2) is 0 Å². The number of benzene rings is 2. The lowest BCUT2D eigenvalue weighted by molar-refractivity contribution is -0.145. The van der Waals surface area contributed by atoms with Crippen LogP contribution >= 0.6 is 0 Å². The van der Waals surface area contributed by atoms with Crippen LogP contribution in [0.15, 0.2) is 42.5 Å². The van der Waals surface area contributed by atoms with Crippen molar-refractivity contribution in [2.24, 2.45) is 5.92 Å². The number of aliphatic hydroxyl groups is 1. The Kier molecular flexibility index (Phi) is 4.74. The standard InChI is InChI=1S/C17H20O3/c1-12(18)16(17(19)20)8-4-5-13-9-10-14-6-2-3-7-15(14)11-13/h2-3,6-7,9-12,16,18H,4-5,8H2,1H3,(H,19,20). The van der Waals surface area contributed by atoms with E-state index in [0.717, 1.165) is 12.8 Å². The summed E-state index contributed by atoms with van der Waals surface area (Å²) in [7, 11) is 0. The summed E-state index contributed by atoms with van der Waals surface area (Å²) in [5, 5.41) is 20.9. The summed E-state index contributed by atoms with van der Waals surface area (Å²) >= 11 is 0. The van der Waals surface area contributed by atoms with Gasteiger partial charge in [-0.15, -0.1) is 0 Å². The largest absolute Gasteiger partial charge is 0.481 e. The van der Waals surface area contributed by atoms with Crippen molar-refractivity contribution in [1.82, 2.24) is 0 Å². The zero-order chi connectivity index (χ0) is 14.5. The van der Waals surface area contributed by atoms with E-state index in [1.807, 2.05) is 12.1 Å². The van der Waals surface area contributed by atoms with Gasteiger partial charge in [0, 0.05) is 0 Å². The van der Waals surface area contributed by atoms with Crippen molar-refractivity contribution < 1.29 is 15.0 Å². The van der Waals surface area contributed by atoms with Crippen LogP contribution in [0, 0.1) is 5.92 Å². The van der Waals surface area contributed by atoms with Crippen LogP contribution in [0.25, 0.3) is 10.8 Å². The molecular weight excluding hydrogens is 252 g/mol. The van der Waals surface area contributed by atoms with Gasteiger partial charge in [-0.2, -0.15) is 0 Å². The van der Waals surface area contributed by atoms with Crippen LogP contribution in [0.1, 0.15) is 25.3 Å². The van der Waals surface area contributed by atoms with E-state index in [0.29, 0.717) is 6.42 Å². The van der Waals surface area contributed by atoms with Gasteiger partial charge in [0.05, 0.1) is 12.0 Å². The fourth-order valence-electron chi connectivity index (χ4n) is 2.49. The van der Waals surface area contributed by atoms with Gasteiger partial charge < -0.3 is 10.2 Å². The molecule has 0 fully saturated rings. The van der Waals surface area contributed by atoms with Crippen LogP contribution in [0.3, 0.4) is 0 Å². The first-order valence-electron chi connectivity index (χ1n) is 6.96.